The van der Waals surface area contributed by atoms with Gasteiger partial charge in [-0.2, -0.15) is 0 Å². The van der Waals surface area contributed by atoms with Crippen LogP contribution < -0.4 is 0 Å². The Morgan fingerprint density at radius 3 is 2.88 bits per heavy atom. The average Bonchev–Trinajstić information content (AvgIpc) is 3.26. The number of aromatic nitrogens is 2. The molecule has 1 aliphatic carbocycles. The highest BCUT2D eigenvalue weighted by Crippen LogP contribution is 2.40. The van der Waals surface area contributed by atoms with Crippen LogP contribution in [0.4, 0.5) is 0 Å². The summed E-state index contributed by atoms with van der Waals surface area (Å²) in [5.74, 6) is 1.85. The Morgan fingerprint density at radius 2 is 2.04 bits per heavy atom. The lowest BCUT2D eigenvalue weighted by Crippen LogP contribution is -2.37. The highest BCUT2D eigenvalue weighted by Gasteiger charge is 2.38. The van der Waals surface area contributed by atoms with E-state index >= 15 is 0 Å². The maximum atomic E-state index is 4.11. The molecule has 1 N–H and O–H groups in total. The second-order valence-electron chi connectivity index (χ2n) is 7.70. The number of fused-ring (bicyclic) bond motifs is 1. The van der Waals surface area contributed by atoms with E-state index in [0.717, 1.165) is 24.3 Å². The molecule has 3 atom stereocenters. The van der Waals surface area contributed by atoms with Gasteiger partial charge in [0, 0.05) is 17.9 Å². The zero-order chi connectivity index (χ0) is 16.2. The van der Waals surface area contributed by atoms with Crippen molar-refractivity contribution in [1.82, 2.24) is 14.9 Å². The molecule has 0 spiro atoms. The number of aryl methyl sites for hydroxylation is 1. The smallest absolute Gasteiger partial charge is 0.0921 e. The van der Waals surface area contributed by atoms with Crippen molar-refractivity contribution in [2.24, 2.45) is 11.8 Å². The van der Waals surface area contributed by atoms with Crippen LogP contribution in [-0.4, -0.2) is 34.0 Å². The fraction of sp³-hybridized carbons (Fsp3) is 0.571. The zero-order valence-electron chi connectivity index (χ0n) is 14.5. The Morgan fingerprint density at radius 1 is 1.12 bits per heavy atom. The van der Waals surface area contributed by atoms with Crippen LogP contribution in [0.5, 0.6) is 0 Å². The van der Waals surface area contributed by atoms with Gasteiger partial charge in [-0.1, -0.05) is 30.3 Å². The first-order valence-electron chi connectivity index (χ1n) is 9.64. The Labute approximate surface area is 145 Å². The third-order valence-electron chi connectivity index (χ3n) is 6.12. The van der Waals surface area contributed by atoms with Crippen LogP contribution in [-0.2, 0) is 12.8 Å². The molecule has 1 saturated heterocycles. The van der Waals surface area contributed by atoms with Crippen LogP contribution in [0.1, 0.15) is 43.4 Å². The van der Waals surface area contributed by atoms with Crippen molar-refractivity contribution in [2.75, 3.05) is 13.1 Å². The highest BCUT2D eigenvalue weighted by atomic mass is 15.2. The SMILES string of the molecule is c1ccc(CC2CCC3C(CCN3CCCc3cnc[nH]3)C2)cc1. The minimum atomic E-state index is 0.860. The van der Waals surface area contributed by atoms with Gasteiger partial charge in [0.2, 0.25) is 0 Å². The van der Waals surface area contributed by atoms with Crippen molar-refractivity contribution < 1.29 is 0 Å². The van der Waals surface area contributed by atoms with Gasteiger partial charge in [-0.25, -0.2) is 4.98 Å². The van der Waals surface area contributed by atoms with Gasteiger partial charge in [-0.05, 0) is 75.4 Å². The molecule has 128 valence electrons. The molecular weight excluding hydrogens is 294 g/mol. The van der Waals surface area contributed by atoms with E-state index in [-0.39, 0.29) is 0 Å². The van der Waals surface area contributed by atoms with Gasteiger partial charge < -0.3 is 9.88 Å². The van der Waals surface area contributed by atoms with Gasteiger partial charge in [0.05, 0.1) is 6.33 Å². The molecular formula is C21H29N3. The van der Waals surface area contributed by atoms with E-state index < -0.39 is 0 Å². The number of hydrogen-bond acceptors (Lipinski definition) is 2. The first kappa shape index (κ1) is 15.9. The van der Waals surface area contributed by atoms with Crippen LogP contribution in [0.25, 0.3) is 0 Å². The number of likely N-dealkylation sites (tertiary alicyclic amines) is 1. The summed E-state index contributed by atoms with van der Waals surface area (Å²) in [6, 6.07) is 11.9. The van der Waals surface area contributed by atoms with E-state index in [1.165, 1.54) is 62.9 Å². The van der Waals surface area contributed by atoms with Crippen molar-refractivity contribution in [3.05, 3.63) is 54.1 Å². The van der Waals surface area contributed by atoms with Crippen molar-refractivity contribution in [3.8, 4) is 0 Å². The van der Waals surface area contributed by atoms with E-state index in [9.17, 15) is 0 Å². The molecule has 2 heterocycles. The number of imidazole rings is 1. The Kier molecular flexibility index (Phi) is 4.98. The minimum absolute atomic E-state index is 0.860. The Balaban J connectivity index is 1.25. The summed E-state index contributed by atoms with van der Waals surface area (Å²) in [5, 5.41) is 0. The third kappa shape index (κ3) is 3.72. The molecule has 1 aromatic heterocycles. The van der Waals surface area contributed by atoms with Gasteiger partial charge in [0.15, 0.2) is 0 Å². The Hall–Kier alpha value is -1.61. The maximum Gasteiger partial charge on any atom is 0.0921 e. The first-order valence-corrected chi connectivity index (χ1v) is 9.64. The number of nitrogens with zero attached hydrogens (tertiary/aromatic N) is 2. The number of benzene rings is 1. The molecule has 4 rings (SSSR count). The topological polar surface area (TPSA) is 31.9 Å². The molecule has 2 fully saturated rings. The summed E-state index contributed by atoms with van der Waals surface area (Å²) in [7, 11) is 0. The summed E-state index contributed by atoms with van der Waals surface area (Å²) in [6.07, 6.45) is 13.1. The summed E-state index contributed by atoms with van der Waals surface area (Å²) >= 11 is 0. The summed E-state index contributed by atoms with van der Waals surface area (Å²) in [5.41, 5.74) is 2.80. The predicted octanol–water partition coefficient (Wildman–Crippen LogP) is 4.08. The molecule has 3 nitrogen and oxygen atoms in total. The molecule has 2 aliphatic rings. The quantitative estimate of drug-likeness (QED) is 0.869. The van der Waals surface area contributed by atoms with E-state index in [1.54, 1.807) is 6.33 Å². The fourth-order valence-electron chi connectivity index (χ4n) is 4.94. The molecule has 1 aliphatic heterocycles. The standard InChI is InChI=1S/C21H29N3/c1-2-5-17(6-3-1)13-18-8-9-21-19(14-18)10-12-24(21)11-4-7-20-15-22-16-23-20/h1-3,5-6,15-16,18-19,21H,4,7-14H2,(H,22,23). The zero-order valence-corrected chi connectivity index (χ0v) is 14.5. The minimum Gasteiger partial charge on any atom is -0.348 e. The van der Waals surface area contributed by atoms with E-state index in [4.69, 9.17) is 0 Å². The van der Waals surface area contributed by atoms with Gasteiger partial charge in [0.25, 0.3) is 0 Å². The predicted molar refractivity (Wildman–Crippen MR) is 97.9 cm³/mol. The molecule has 3 unspecified atom stereocenters. The molecule has 1 saturated carbocycles. The van der Waals surface area contributed by atoms with E-state index in [2.05, 4.69) is 45.2 Å². The van der Waals surface area contributed by atoms with Gasteiger partial charge in [-0.3, -0.25) is 0 Å². The fourth-order valence-corrected chi connectivity index (χ4v) is 4.94. The Bertz CT molecular complexity index is 607. The number of nitrogens with one attached hydrogen (secondary N) is 1. The second-order valence-corrected chi connectivity index (χ2v) is 7.70. The molecule has 0 amide bonds. The second kappa shape index (κ2) is 7.52. The van der Waals surface area contributed by atoms with Gasteiger partial charge in [0.1, 0.15) is 0 Å². The number of hydrogen-bond donors (Lipinski definition) is 1. The largest absolute Gasteiger partial charge is 0.348 e. The lowest BCUT2D eigenvalue weighted by Gasteiger charge is -2.36. The van der Waals surface area contributed by atoms with Crippen LogP contribution in [0.3, 0.4) is 0 Å². The molecule has 3 heteroatoms. The van der Waals surface area contributed by atoms with Gasteiger partial charge >= 0.3 is 0 Å². The van der Waals surface area contributed by atoms with E-state index in [0.29, 0.717) is 0 Å². The highest BCUT2D eigenvalue weighted by molar-refractivity contribution is 5.15. The van der Waals surface area contributed by atoms with Crippen molar-refractivity contribution >= 4 is 0 Å². The van der Waals surface area contributed by atoms with Crippen LogP contribution >= 0.6 is 0 Å². The maximum absolute atomic E-state index is 4.11. The summed E-state index contributed by atoms with van der Waals surface area (Å²) in [6.45, 7) is 2.57. The molecule has 0 radical (unpaired) electrons. The van der Waals surface area contributed by atoms with Crippen molar-refractivity contribution in [1.29, 1.82) is 0 Å². The molecule has 1 aromatic carbocycles. The van der Waals surface area contributed by atoms with Crippen LogP contribution in [0.15, 0.2) is 42.9 Å². The monoisotopic (exact) mass is 323 g/mol. The molecule has 24 heavy (non-hydrogen) atoms. The first-order chi connectivity index (χ1) is 11.9. The van der Waals surface area contributed by atoms with Gasteiger partial charge in [-0.15, -0.1) is 0 Å². The normalized spacial score (nSPS) is 27.2. The van der Waals surface area contributed by atoms with Crippen molar-refractivity contribution in [3.63, 3.8) is 0 Å². The lowest BCUT2D eigenvalue weighted by atomic mass is 9.76. The van der Waals surface area contributed by atoms with Crippen molar-refractivity contribution in [2.45, 2.75) is 51.0 Å². The average molecular weight is 323 g/mol. The summed E-state index contributed by atoms with van der Waals surface area (Å²) in [4.78, 5) is 10.1. The summed E-state index contributed by atoms with van der Waals surface area (Å²) < 4.78 is 0. The van der Waals surface area contributed by atoms with Crippen LogP contribution in [0, 0.1) is 11.8 Å². The van der Waals surface area contributed by atoms with Crippen LogP contribution in [0.2, 0.25) is 0 Å². The molecule has 2 aromatic rings. The number of aromatic amines is 1. The number of H-pyrrole nitrogens is 1. The van der Waals surface area contributed by atoms with E-state index in [1.807, 2.05) is 6.20 Å². The molecule has 0 bridgehead atoms. The third-order valence-corrected chi connectivity index (χ3v) is 6.12. The lowest BCUT2D eigenvalue weighted by molar-refractivity contribution is 0.150. The number of rotatable bonds is 6.